The van der Waals surface area contributed by atoms with Gasteiger partial charge < -0.3 is 10.6 Å². The van der Waals surface area contributed by atoms with Crippen LogP contribution < -0.4 is 10.6 Å². The minimum atomic E-state index is -0.0529. The van der Waals surface area contributed by atoms with E-state index in [4.69, 9.17) is 11.6 Å². The number of hydrogen-bond acceptors (Lipinski definition) is 2. The Morgan fingerprint density at radius 3 is 2.77 bits per heavy atom. The maximum atomic E-state index is 12.2. The fourth-order valence-corrected chi connectivity index (χ4v) is 3.33. The first-order valence-corrected chi connectivity index (χ1v) is 8.20. The molecule has 1 aromatic rings. The van der Waals surface area contributed by atoms with Gasteiger partial charge in [0, 0.05) is 11.4 Å². The van der Waals surface area contributed by atoms with Crippen LogP contribution in [-0.4, -0.2) is 19.0 Å². The fourth-order valence-electron chi connectivity index (χ4n) is 3.03. The van der Waals surface area contributed by atoms with E-state index < -0.39 is 0 Å². The van der Waals surface area contributed by atoms with Gasteiger partial charge in [0.05, 0.1) is 6.04 Å². The average Bonchev–Trinajstić information content (AvgIpc) is 2.48. The first-order chi connectivity index (χ1) is 10.1. The van der Waals surface area contributed by atoms with E-state index in [1.165, 1.54) is 12.8 Å². The highest BCUT2D eigenvalue weighted by Crippen LogP contribution is 2.24. The van der Waals surface area contributed by atoms with Crippen molar-refractivity contribution in [1.29, 1.82) is 0 Å². The molecular formula is C17H26Cl2N2O. The second-order valence-electron chi connectivity index (χ2n) is 6.10. The summed E-state index contributed by atoms with van der Waals surface area (Å²) in [6.07, 6.45) is 3.02. The summed E-state index contributed by atoms with van der Waals surface area (Å²) in [4.78, 5) is 12.2. The lowest BCUT2D eigenvalue weighted by atomic mass is 9.85. The lowest BCUT2D eigenvalue weighted by Gasteiger charge is -2.28. The van der Waals surface area contributed by atoms with Gasteiger partial charge in [-0.05, 0) is 56.3 Å². The normalized spacial score (nSPS) is 20.6. The molecule has 0 bridgehead atoms. The van der Waals surface area contributed by atoms with Gasteiger partial charge in [0.2, 0.25) is 5.91 Å². The standard InChI is InChI=1S/C17H25ClN2O.ClH/c1-12(14-6-5-9-19-11-14)10-17(21)20-13(2)15-7-3-4-8-16(15)18;/h3-4,7-8,12-14,19H,5-6,9-11H2,1-2H3,(H,20,21);1H. The molecule has 3 unspecified atom stereocenters. The summed E-state index contributed by atoms with van der Waals surface area (Å²) in [5, 5.41) is 7.18. The van der Waals surface area contributed by atoms with Crippen LogP contribution in [0.5, 0.6) is 0 Å². The van der Waals surface area contributed by atoms with Crippen molar-refractivity contribution in [3.05, 3.63) is 34.9 Å². The molecular weight excluding hydrogens is 319 g/mol. The van der Waals surface area contributed by atoms with E-state index in [1.807, 2.05) is 31.2 Å². The zero-order valence-electron chi connectivity index (χ0n) is 13.3. The molecule has 1 amide bonds. The van der Waals surface area contributed by atoms with Gasteiger partial charge in [0.1, 0.15) is 0 Å². The van der Waals surface area contributed by atoms with Gasteiger partial charge in [0.15, 0.2) is 0 Å². The van der Waals surface area contributed by atoms with Gasteiger partial charge in [-0.3, -0.25) is 4.79 Å². The third-order valence-electron chi connectivity index (χ3n) is 4.40. The molecule has 0 spiro atoms. The second-order valence-corrected chi connectivity index (χ2v) is 6.51. The highest BCUT2D eigenvalue weighted by Gasteiger charge is 2.22. The SMILES string of the molecule is CC(NC(=O)CC(C)C1CCCNC1)c1ccccc1Cl.Cl. The zero-order valence-corrected chi connectivity index (χ0v) is 14.8. The molecule has 5 heteroatoms. The second kappa shape index (κ2) is 9.39. The molecule has 0 radical (unpaired) electrons. The van der Waals surface area contributed by atoms with Gasteiger partial charge in [-0.1, -0.05) is 36.7 Å². The van der Waals surface area contributed by atoms with E-state index in [-0.39, 0.29) is 24.4 Å². The molecule has 1 saturated heterocycles. The largest absolute Gasteiger partial charge is 0.350 e. The van der Waals surface area contributed by atoms with E-state index in [1.54, 1.807) is 0 Å². The third-order valence-corrected chi connectivity index (χ3v) is 4.74. The molecule has 0 aliphatic carbocycles. The summed E-state index contributed by atoms with van der Waals surface area (Å²) < 4.78 is 0. The number of carbonyl (C=O) groups excluding carboxylic acids is 1. The van der Waals surface area contributed by atoms with E-state index >= 15 is 0 Å². The van der Waals surface area contributed by atoms with Crippen LogP contribution in [0.1, 0.15) is 44.7 Å². The van der Waals surface area contributed by atoms with Gasteiger partial charge in [0.25, 0.3) is 0 Å². The van der Waals surface area contributed by atoms with Crippen LogP contribution in [0, 0.1) is 11.8 Å². The topological polar surface area (TPSA) is 41.1 Å². The summed E-state index contributed by atoms with van der Waals surface area (Å²) in [6, 6.07) is 7.61. The molecule has 2 rings (SSSR count). The van der Waals surface area contributed by atoms with E-state index in [0.29, 0.717) is 23.3 Å². The highest BCUT2D eigenvalue weighted by atomic mass is 35.5. The molecule has 0 aromatic heterocycles. The van der Waals surface area contributed by atoms with Crippen molar-refractivity contribution in [1.82, 2.24) is 10.6 Å². The van der Waals surface area contributed by atoms with Crippen molar-refractivity contribution < 1.29 is 4.79 Å². The summed E-state index contributed by atoms with van der Waals surface area (Å²) in [5.41, 5.74) is 0.972. The van der Waals surface area contributed by atoms with Gasteiger partial charge >= 0.3 is 0 Å². The number of carbonyl (C=O) groups is 1. The fraction of sp³-hybridized carbons (Fsp3) is 0.588. The Kier molecular flexibility index (Phi) is 8.23. The molecule has 124 valence electrons. The Hall–Kier alpha value is -0.770. The van der Waals surface area contributed by atoms with Crippen molar-refractivity contribution in [2.45, 2.75) is 39.2 Å². The van der Waals surface area contributed by atoms with Crippen LogP contribution in [0.25, 0.3) is 0 Å². The van der Waals surface area contributed by atoms with Crippen LogP contribution in [0.4, 0.5) is 0 Å². The molecule has 3 nitrogen and oxygen atoms in total. The van der Waals surface area contributed by atoms with Gasteiger partial charge in [-0.15, -0.1) is 12.4 Å². The minimum Gasteiger partial charge on any atom is -0.350 e. The Bertz CT molecular complexity index is 475. The minimum absolute atomic E-state index is 0. The van der Waals surface area contributed by atoms with Gasteiger partial charge in [-0.2, -0.15) is 0 Å². The molecule has 1 aliphatic rings. The number of hydrogen-bond donors (Lipinski definition) is 2. The Balaban J connectivity index is 0.00000242. The lowest BCUT2D eigenvalue weighted by molar-refractivity contribution is -0.123. The number of benzene rings is 1. The number of nitrogens with one attached hydrogen (secondary N) is 2. The predicted molar refractivity (Wildman–Crippen MR) is 94.6 cm³/mol. The van der Waals surface area contributed by atoms with E-state index in [0.717, 1.165) is 18.7 Å². The molecule has 22 heavy (non-hydrogen) atoms. The highest BCUT2D eigenvalue weighted by molar-refractivity contribution is 6.31. The average molecular weight is 345 g/mol. The molecule has 2 N–H and O–H groups in total. The quantitative estimate of drug-likeness (QED) is 0.848. The number of piperidine rings is 1. The van der Waals surface area contributed by atoms with Crippen molar-refractivity contribution >= 4 is 29.9 Å². The van der Waals surface area contributed by atoms with Crippen LogP contribution in [-0.2, 0) is 4.79 Å². The van der Waals surface area contributed by atoms with Crippen molar-refractivity contribution in [3.63, 3.8) is 0 Å². The summed E-state index contributed by atoms with van der Waals surface area (Å²) in [5.74, 6) is 1.14. The van der Waals surface area contributed by atoms with Crippen LogP contribution in [0.2, 0.25) is 5.02 Å². The monoisotopic (exact) mass is 344 g/mol. The Labute approximate surface area is 144 Å². The van der Waals surface area contributed by atoms with Gasteiger partial charge in [-0.25, -0.2) is 0 Å². The Morgan fingerprint density at radius 2 is 2.14 bits per heavy atom. The summed E-state index contributed by atoms with van der Waals surface area (Å²) in [7, 11) is 0. The zero-order chi connectivity index (χ0) is 15.2. The Morgan fingerprint density at radius 1 is 1.41 bits per heavy atom. The van der Waals surface area contributed by atoms with Crippen molar-refractivity contribution in [2.24, 2.45) is 11.8 Å². The number of rotatable bonds is 5. The van der Waals surface area contributed by atoms with Crippen LogP contribution >= 0.6 is 24.0 Å². The van der Waals surface area contributed by atoms with Crippen molar-refractivity contribution in [2.75, 3.05) is 13.1 Å². The summed E-state index contributed by atoms with van der Waals surface area (Å²) >= 11 is 6.17. The van der Waals surface area contributed by atoms with Crippen molar-refractivity contribution in [3.8, 4) is 0 Å². The van der Waals surface area contributed by atoms with E-state index in [9.17, 15) is 4.79 Å². The summed E-state index contributed by atoms with van der Waals surface area (Å²) in [6.45, 7) is 6.30. The molecule has 3 atom stereocenters. The first kappa shape index (κ1) is 19.3. The predicted octanol–water partition coefficient (Wildman–Crippen LogP) is 3.96. The molecule has 0 saturated carbocycles. The smallest absolute Gasteiger partial charge is 0.220 e. The molecule has 1 heterocycles. The first-order valence-electron chi connectivity index (χ1n) is 7.82. The van der Waals surface area contributed by atoms with E-state index in [2.05, 4.69) is 17.6 Å². The maximum absolute atomic E-state index is 12.2. The third kappa shape index (κ3) is 5.45. The van der Waals surface area contributed by atoms with Crippen LogP contribution in [0.15, 0.2) is 24.3 Å². The molecule has 1 fully saturated rings. The maximum Gasteiger partial charge on any atom is 0.220 e. The molecule has 1 aliphatic heterocycles. The molecule has 1 aromatic carbocycles. The van der Waals surface area contributed by atoms with Crippen LogP contribution in [0.3, 0.4) is 0 Å². The lowest BCUT2D eigenvalue weighted by Crippen LogP contribution is -2.36. The number of halogens is 2. The number of amides is 1.